The third-order valence-electron chi connectivity index (χ3n) is 4.27. The second-order valence-corrected chi connectivity index (χ2v) is 6.63. The highest BCUT2D eigenvalue weighted by Crippen LogP contribution is 2.34. The number of hydrogen-bond donors (Lipinski definition) is 1. The SMILES string of the molecule is CC(C)C(c1ccccc1Cl)N(C)C(=O)[C@@H]1CC[C@H](CN)O1.Cl. The van der Waals surface area contributed by atoms with Crippen molar-refractivity contribution in [1.82, 2.24) is 4.90 Å². The zero-order chi connectivity index (χ0) is 16.3. The lowest BCUT2D eigenvalue weighted by Gasteiger charge is -2.33. The van der Waals surface area contributed by atoms with Crippen molar-refractivity contribution >= 4 is 29.9 Å². The molecule has 0 aromatic heterocycles. The van der Waals surface area contributed by atoms with Gasteiger partial charge in [-0.25, -0.2) is 0 Å². The molecule has 1 heterocycles. The number of benzene rings is 1. The van der Waals surface area contributed by atoms with Gasteiger partial charge in [0.2, 0.25) is 0 Å². The Morgan fingerprint density at radius 1 is 1.39 bits per heavy atom. The number of halogens is 2. The number of carbonyl (C=O) groups excluding carboxylic acids is 1. The van der Waals surface area contributed by atoms with E-state index in [-0.39, 0.29) is 42.5 Å². The molecule has 1 amide bonds. The molecule has 23 heavy (non-hydrogen) atoms. The van der Waals surface area contributed by atoms with E-state index in [1.807, 2.05) is 31.3 Å². The molecule has 1 unspecified atom stereocenters. The second-order valence-electron chi connectivity index (χ2n) is 6.22. The van der Waals surface area contributed by atoms with E-state index in [9.17, 15) is 4.79 Å². The van der Waals surface area contributed by atoms with Crippen molar-refractivity contribution in [3.63, 3.8) is 0 Å². The Bertz CT molecular complexity index is 525. The first-order valence-corrected chi connectivity index (χ1v) is 8.20. The number of amides is 1. The number of carbonyl (C=O) groups is 1. The van der Waals surface area contributed by atoms with Crippen LogP contribution in [-0.2, 0) is 9.53 Å². The van der Waals surface area contributed by atoms with Crippen LogP contribution < -0.4 is 5.73 Å². The number of rotatable bonds is 5. The molecule has 1 aromatic carbocycles. The maximum Gasteiger partial charge on any atom is 0.251 e. The number of hydrogen-bond acceptors (Lipinski definition) is 3. The normalized spacial score (nSPS) is 21.8. The van der Waals surface area contributed by atoms with Gasteiger partial charge in [-0.05, 0) is 30.4 Å². The molecule has 6 heteroatoms. The van der Waals surface area contributed by atoms with Crippen LogP contribution in [0.5, 0.6) is 0 Å². The highest BCUT2D eigenvalue weighted by Gasteiger charge is 2.35. The van der Waals surface area contributed by atoms with Crippen molar-refractivity contribution in [2.45, 2.75) is 44.9 Å². The van der Waals surface area contributed by atoms with Gasteiger partial charge in [0.1, 0.15) is 6.10 Å². The van der Waals surface area contributed by atoms with E-state index in [2.05, 4.69) is 13.8 Å². The standard InChI is InChI=1S/C17H25ClN2O2.ClH/c1-11(2)16(13-6-4-5-7-14(13)18)20(3)17(21)15-9-8-12(10-19)22-15;/h4-7,11-12,15-16H,8-10,19H2,1-3H3;1H/t12-,15+,16?;/m1./s1. The predicted octanol–water partition coefficient (Wildman–Crippen LogP) is 3.42. The summed E-state index contributed by atoms with van der Waals surface area (Å²) >= 11 is 6.33. The summed E-state index contributed by atoms with van der Waals surface area (Å²) in [6, 6.07) is 7.63. The largest absolute Gasteiger partial charge is 0.364 e. The number of nitrogens with zero attached hydrogens (tertiary/aromatic N) is 1. The van der Waals surface area contributed by atoms with Gasteiger partial charge in [-0.15, -0.1) is 12.4 Å². The van der Waals surface area contributed by atoms with Gasteiger partial charge >= 0.3 is 0 Å². The Morgan fingerprint density at radius 2 is 2.04 bits per heavy atom. The number of likely N-dealkylation sites (N-methyl/N-ethyl adjacent to an activating group) is 1. The van der Waals surface area contributed by atoms with E-state index in [1.54, 1.807) is 4.90 Å². The molecular formula is C17H26Cl2N2O2. The highest BCUT2D eigenvalue weighted by molar-refractivity contribution is 6.31. The Hall–Kier alpha value is -0.810. The van der Waals surface area contributed by atoms with Crippen LogP contribution in [-0.4, -0.2) is 36.6 Å². The first-order valence-electron chi connectivity index (χ1n) is 7.82. The average Bonchev–Trinajstić information content (AvgIpc) is 2.97. The molecule has 0 spiro atoms. The van der Waals surface area contributed by atoms with Crippen LogP contribution in [0.4, 0.5) is 0 Å². The molecule has 1 aliphatic rings. The maximum absolute atomic E-state index is 12.8. The predicted molar refractivity (Wildman–Crippen MR) is 96.0 cm³/mol. The molecule has 130 valence electrons. The number of nitrogens with two attached hydrogens (primary N) is 1. The molecular weight excluding hydrogens is 335 g/mol. The quantitative estimate of drug-likeness (QED) is 0.874. The fourth-order valence-corrected chi connectivity index (χ4v) is 3.40. The first kappa shape index (κ1) is 20.2. The molecule has 1 fully saturated rings. The van der Waals surface area contributed by atoms with E-state index in [0.29, 0.717) is 11.6 Å². The lowest BCUT2D eigenvalue weighted by Crippen LogP contribution is -2.41. The summed E-state index contributed by atoms with van der Waals surface area (Å²) < 4.78 is 5.74. The van der Waals surface area contributed by atoms with Crippen molar-refractivity contribution in [3.05, 3.63) is 34.9 Å². The molecule has 4 nitrogen and oxygen atoms in total. The minimum Gasteiger partial charge on any atom is -0.364 e. The summed E-state index contributed by atoms with van der Waals surface area (Å²) in [4.78, 5) is 14.5. The van der Waals surface area contributed by atoms with E-state index in [4.69, 9.17) is 22.1 Å². The van der Waals surface area contributed by atoms with Gasteiger partial charge in [-0.2, -0.15) is 0 Å². The molecule has 0 saturated carbocycles. The van der Waals surface area contributed by atoms with Gasteiger partial charge in [0.15, 0.2) is 0 Å². The molecule has 1 aromatic rings. The first-order chi connectivity index (χ1) is 10.5. The van der Waals surface area contributed by atoms with Crippen molar-refractivity contribution < 1.29 is 9.53 Å². The van der Waals surface area contributed by atoms with E-state index in [0.717, 1.165) is 18.4 Å². The van der Waals surface area contributed by atoms with Gasteiger partial charge in [-0.1, -0.05) is 43.6 Å². The molecule has 0 aliphatic carbocycles. The van der Waals surface area contributed by atoms with Crippen LogP contribution in [0.1, 0.15) is 38.3 Å². The topological polar surface area (TPSA) is 55.6 Å². The molecule has 0 radical (unpaired) electrons. The van der Waals surface area contributed by atoms with Gasteiger partial charge in [-0.3, -0.25) is 4.79 Å². The molecule has 3 atom stereocenters. The lowest BCUT2D eigenvalue weighted by atomic mass is 9.94. The maximum atomic E-state index is 12.8. The molecule has 2 N–H and O–H groups in total. The van der Waals surface area contributed by atoms with E-state index < -0.39 is 0 Å². The highest BCUT2D eigenvalue weighted by atomic mass is 35.5. The van der Waals surface area contributed by atoms with Crippen LogP contribution in [0.15, 0.2) is 24.3 Å². The monoisotopic (exact) mass is 360 g/mol. The Morgan fingerprint density at radius 3 is 2.57 bits per heavy atom. The van der Waals surface area contributed by atoms with Crippen LogP contribution >= 0.6 is 24.0 Å². The zero-order valence-corrected chi connectivity index (χ0v) is 15.4. The molecule has 0 bridgehead atoms. The van der Waals surface area contributed by atoms with E-state index in [1.165, 1.54) is 0 Å². The Kier molecular flexibility index (Phi) is 7.81. The van der Waals surface area contributed by atoms with Crippen molar-refractivity contribution in [1.29, 1.82) is 0 Å². The van der Waals surface area contributed by atoms with Crippen molar-refractivity contribution in [3.8, 4) is 0 Å². The van der Waals surface area contributed by atoms with Crippen molar-refractivity contribution in [2.75, 3.05) is 13.6 Å². The summed E-state index contributed by atoms with van der Waals surface area (Å²) in [5.74, 6) is 0.259. The fourth-order valence-electron chi connectivity index (χ4n) is 3.15. The average molecular weight is 361 g/mol. The van der Waals surface area contributed by atoms with Crippen LogP contribution in [0.25, 0.3) is 0 Å². The summed E-state index contributed by atoms with van der Waals surface area (Å²) in [5.41, 5.74) is 6.60. The third-order valence-corrected chi connectivity index (χ3v) is 4.61. The Labute approximate surface area is 149 Å². The summed E-state index contributed by atoms with van der Waals surface area (Å²) in [5, 5.41) is 0.688. The summed E-state index contributed by atoms with van der Waals surface area (Å²) in [6.07, 6.45) is 1.19. The minimum absolute atomic E-state index is 0. The Balaban J connectivity index is 0.00000264. The van der Waals surface area contributed by atoms with Gasteiger partial charge < -0.3 is 15.4 Å². The molecule has 1 saturated heterocycles. The minimum atomic E-state index is -0.387. The third kappa shape index (κ3) is 4.60. The molecule has 1 aliphatic heterocycles. The van der Waals surface area contributed by atoms with Gasteiger partial charge in [0, 0.05) is 18.6 Å². The summed E-state index contributed by atoms with van der Waals surface area (Å²) in [6.45, 7) is 4.65. The van der Waals surface area contributed by atoms with Gasteiger partial charge in [0.05, 0.1) is 12.1 Å². The lowest BCUT2D eigenvalue weighted by molar-refractivity contribution is -0.144. The van der Waals surface area contributed by atoms with Gasteiger partial charge in [0.25, 0.3) is 5.91 Å². The second kappa shape index (κ2) is 8.88. The van der Waals surface area contributed by atoms with Crippen LogP contribution in [0, 0.1) is 5.92 Å². The van der Waals surface area contributed by atoms with Crippen LogP contribution in [0.3, 0.4) is 0 Å². The van der Waals surface area contributed by atoms with Crippen LogP contribution in [0.2, 0.25) is 5.02 Å². The zero-order valence-electron chi connectivity index (χ0n) is 13.9. The number of ether oxygens (including phenoxy) is 1. The molecule has 2 rings (SSSR count). The smallest absolute Gasteiger partial charge is 0.251 e. The van der Waals surface area contributed by atoms with Crippen molar-refractivity contribution in [2.24, 2.45) is 11.7 Å². The fraction of sp³-hybridized carbons (Fsp3) is 0.588. The summed E-state index contributed by atoms with van der Waals surface area (Å²) in [7, 11) is 1.83. The van der Waals surface area contributed by atoms with E-state index >= 15 is 0 Å².